The van der Waals surface area contributed by atoms with E-state index in [1.54, 1.807) is 14.2 Å². The molecule has 0 aromatic carbocycles. The fourth-order valence-corrected chi connectivity index (χ4v) is 3.62. The molecule has 2 unspecified atom stereocenters. The summed E-state index contributed by atoms with van der Waals surface area (Å²) in [6, 6.07) is 0. The van der Waals surface area contributed by atoms with Gasteiger partial charge in [-0.15, -0.1) is 0 Å². The number of aliphatic carboxylic acids is 1. The van der Waals surface area contributed by atoms with Crippen LogP contribution in [-0.2, 0) is 33.6 Å². The highest BCUT2D eigenvalue weighted by molar-refractivity contribution is 5.74. The molecular formula is C26H50O8. The quantitative estimate of drug-likeness (QED) is 0.0531. The highest BCUT2D eigenvalue weighted by atomic mass is 17.2. The first-order valence-electron chi connectivity index (χ1n) is 13.3. The third-order valence-corrected chi connectivity index (χ3v) is 5.82. The molecule has 0 fully saturated rings. The zero-order valence-corrected chi connectivity index (χ0v) is 22.1. The first kappa shape index (κ1) is 32.8. The number of unbranched alkanes of at least 4 members (excludes halogenated alkanes) is 10. The molecule has 0 aromatic heterocycles. The van der Waals surface area contributed by atoms with Crippen LogP contribution in [0.5, 0.6) is 0 Å². The molecule has 0 aliphatic heterocycles. The van der Waals surface area contributed by atoms with Crippen LogP contribution in [0.15, 0.2) is 0 Å². The Labute approximate surface area is 206 Å². The molecule has 34 heavy (non-hydrogen) atoms. The molecule has 0 aliphatic carbocycles. The smallest absolute Gasteiger partial charge is 0.338 e. The highest BCUT2D eigenvalue weighted by Gasteiger charge is 2.26. The highest BCUT2D eigenvalue weighted by Crippen LogP contribution is 2.16. The van der Waals surface area contributed by atoms with Gasteiger partial charge >= 0.3 is 11.9 Å². The summed E-state index contributed by atoms with van der Waals surface area (Å²) in [4.78, 5) is 34.8. The number of ether oxygens (including phenoxy) is 3. The number of carbonyl (C=O) groups is 2. The summed E-state index contributed by atoms with van der Waals surface area (Å²) in [5.74, 6) is -1.60. The average Bonchev–Trinajstić information content (AvgIpc) is 2.83. The van der Waals surface area contributed by atoms with Gasteiger partial charge in [0, 0.05) is 20.6 Å². The van der Waals surface area contributed by atoms with Gasteiger partial charge in [0.1, 0.15) is 0 Å². The van der Waals surface area contributed by atoms with Crippen molar-refractivity contribution in [2.75, 3.05) is 20.8 Å². The monoisotopic (exact) mass is 490 g/mol. The Bertz CT molecular complexity index is 481. The fraction of sp³-hybridized carbons (Fsp3) is 0.923. The second-order valence-corrected chi connectivity index (χ2v) is 8.83. The van der Waals surface area contributed by atoms with Gasteiger partial charge in [-0.3, -0.25) is 0 Å². The molecule has 0 aromatic rings. The fourth-order valence-electron chi connectivity index (χ4n) is 3.62. The third-order valence-electron chi connectivity index (χ3n) is 5.82. The van der Waals surface area contributed by atoms with E-state index in [0.29, 0.717) is 25.7 Å². The van der Waals surface area contributed by atoms with Gasteiger partial charge in [0.25, 0.3) is 0 Å². The number of esters is 1. The summed E-state index contributed by atoms with van der Waals surface area (Å²) in [5, 5.41) is 9.49. The van der Waals surface area contributed by atoms with E-state index in [4.69, 9.17) is 24.0 Å². The Morgan fingerprint density at radius 2 is 1.12 bits per heavy atom. The van der Waals surface area contributed by atoms with E-state index in [-0.39, 0.29) is 12.9 Å². The molecule has 1 N–H and O–H groups in total. The van der Waals surface area contributed by atoms with Gasteiger partial charge in [0.15, 0.2) is 18.5 Å². The Kier molecular flexibility index (Phi) is 22.7. The molecule has 0 saturated carbocycles. The number of rotatable bonds is 25. The van der Waals surface area contributed by atoms with Crippen LogP contribution >= 0.6 is 0 Å². The lowest BCUT2D eigenvalue weighted by Crippen LogP contribution is -2.32. The van der Waals surface area contributed by atoms with Crippen LogP contribution in [0, 0.1) is 0 Å². The van der Waals surface area contributed by atoms with Crippen molar-refractivity contribution in [1.29, 1.82) is 0 Å². The van der Waals surface area contributed by atoms with Gasteiger partial charge in [-0.1, -0.05) is 90.9 Å². The summed E-state index contributed by atoms with van der Waals surface area (Å²) in [6.07, 6.45) is 12.3. The predicted octanol–water partition coefficient (Wildman–Crippen LogP) is 6.20. The predicted molar refractivity (Wildman–Crippen MR) is 131 cm³/mol. The van der Waals surface area contributed by atoms with Gasteiger partial charge in [0.2, 0.25) is 0 Å². The van der Waals surface area contributed by atoms with Crippen LogP contribution in [0.4, 0.5) is 0 Å². The van der Waals surface area contributed by atoms with Crippen molar-refractivity contribution < 1.29 is 38.7 Å². The second-order valence-electron chi connectivity index (χ2n) is 8.83. The molecule has 2 atom stereocenters. The van der Waals surface area contributed by atoms with Crippen molar-refractivity contribution in [2.45, 2.75) is 135 Å². The molecule has 0 saturated heterocycles. The molecule has 8 heteroatoms. The summed E-state index contributed by atoms with van der Waals surface area (Å²) in [7, 11) is 3.12. The van der Waals surface area contributed by atoms with E-state index in [9.17, 15) is 14.7 Å². The molecule has 0 bridgehead atoms. The largest absolute Gasteiger partial charge is 0.479 e. The maximum absolute atomic E-state index is 12.6. The molecule has 0 spiro atoms. The number of carboxylic acid groups (broad SMARTS) is 1. The molecule has 8 nitrogen and oxygen atoms in total. The molecule has 0 rings (SSSR count). The minimum absolute atomic E-state index is 0.207. The van der Waals surface area contributed by atoms with E-state index in [1.807, 2.05) is 0 Å². The maximum atomic E-state index is 12.6. The van der Waals surface area contributed by atoms with Crippen LogP contribution in [-0.4, -0.2) is 56.4 Å². The molecule has 0 heterocycles. The number of hydrogen-bond donors (Lipinski definition) is 1. The molecule has 0 aliphatic rings. The lowest BCUT2D eigenvalue weighted by atomic mass is 10.1. The Hall–Kier alpha value is -1.22. The SMILES string of the molecule is CCCCCCCCC(OOC(CCCCCCCC)C(=O)OCCCC(OC)OC)C(=O)O. The second kappa shape index (κ2) is 23.5. The van der Waals surface area contributed by atoms with Crippen LogP contribution < -0.4 is 0 Å². The van der Waals surface area contributed by atoms with E-state index >= 15 is 0 Å². The van der Waals surface area contributed by atoms with E-state index < -0.39 is 24.1 Å². The van der Waals surface area contributed by atoms with Crippen molar-refractivity contribution in [2.24, 2.45) is 0 Å². The van der Waals surface area contributed by atoms with Crippen LogP contribution in [0.25, 0.3) is 0 Å². The summed E-state index contributed by atoms with van der Waals surface area (Å²) >= 11 is 0. The third kappa shape index (κ3) is 18.2. The standard InChI is InChI=1S/C26H50O8/c1-5-7-9-11-13-15-18-22(25(27)28)33-34-23(19-16-14-12-10-8-6-2)26(29)32-21-17-20-24(30-3)31-4/h22-24H,5-21H2,1-4H3,(H,27,28). The van der Waals surface area contributed by atoms with Gasteiger partial charge in [0.05, 0.1) is 6.61 Å². The van der Waals surface area contributed by atoms with Crippen molar-refractivity contribution in [3.8, 4) is 0 Å². The Morgan fingerprint density at radius 3 is 1.62 bits per heavy atom. The summed E-state index contributed by atoms with van der Waals surface area (Å²) in [5.41, 5.74) is 0. The van der Waals surface area contributed by atoms with E-state index in [1.165, 1.54) is 32.1 Å². The lowest BCUT2D eigenvalue weighted by Gasteiger charge is -2.19. The van der Waals surface area contributed by atoms with E-state index in [0.717, 1.165) is 44.9 Å². The van der Waals surface area contributed by atoms with Gasteiger partial charge in [-0.25, -0.2) is 19.4 Å². The topological polar surface area (TPSA) is 101 Å². The van der Waals surface area contributed by atoms with Crippen molar-refractivity contribution in [3.63, 3.8) is 0 Å². The van der Waals surface area contributed by atoms with Crippen LogP contribution in [0.3, 0.4) is 0 Å². The number of methoxy groups -OCH3 is 2. The number of hydrogen-bond acceptors (Lipinski definition) is 7. The molecule has 0 amide bonds. The van der Waals surface area contributed by atoms with Crippen LogP contribution in [0.1, 0.15) is 117 Å². The van der Waals surface area contributed by atoms with Gasteiger partial charge < -0.3 is 19.3 Å². The summed E-state index contributed by atoms with van der Waals surface area (Å²) in [6.45, 7) is 4.54. The minimum atomic E-state index is -1.09. The van der Waals surface area contributed by atoms with Crippen molar-refractivity contribution in [1.82, 2.24) is 0 Å². The van der Waals surface area contributed by atoms with Crippen molar-refractivity contribution >= 4 is 11.9 Å². The Balaban J connectivity index is 4.59. The minimum Gasteiger partial charge on any atom is -0.479 e. The first-order valence-corrected chi connectivity index (χ1v) is 13.3. The van der Waals surface area contributed by atoms with Crippen LogP contribution in [0.2, 0.25) is 0 Å². The maximum Gasteiger partial charge on any atom is 0.338 e. The zero-order valence-electron chi connectivity index (χ0n) is 22.1. The Morgan fingerprint density at radius 1 is 0.647 bits per heavy atom. The van der Waals surface area contributed by atoms with Gasteiger partial charge in [-0.05, 0) is 19.3 Å². The van der Waals surface area contributed by atoms with Gasteiger partial charge in [-0.2, -0.15) is 0 Å². The average molecular weight is 491 g/mol. The normalized spacial score (nSPS) is 13.2. The first-order chi connectivity index (χ1) is 16.5. The summed E-state index contributed by atoms with van der Waals surface area (Å²) < 4.78 is 15.6. The van der Waals surface area contributed by atoms with Crippen molar-refractivity contribution in [3.05, 3.63) is 0 Å². The number of carboxylic acids is 1. The zero-order chi connectivity index (χ0) is 25.4. The lowest BCUT2D eigenvalue weighted by molar-refractivity contribution is -0.343. The molecular weight excluding hydrogens is 440 g/mol. The molecule has 0 radical (unpaired) electrons. The van der Waals surface area contributed by atoms with E-state index in [2.05, 4.69) is 13.8 Å². The molecule has 202 valence electrons. The number of carbonyl (C=O) groups excluding carboxylic acids is 1.